The number of aliphatic hydroxyl groups is 1. The van der Waals surface area contributed by atoms with Gasteiger partial charge in [0.15, 0.2) is 5.13 Å². The fourth-order valence-electron chi connectivity index (χ4n) is 2.51. The quantitative estimate of drug-likeness (QED) is 0.845. The van der Waals surface area contributed by atoms with E-state index < -0.39 is 5.60 Å². The van der Waals surface area contributed by atoms with Crippen molar-refractivity contribution in [2.75, 3.05) is 37.4 Å². The highest BCUT2D eigenvalue weighted by Crippen LogP contribution is 2.31. The molecule has 0 atom stereocenters. The third-order valence-electron chi connectivity index (χ3n) is 3.68. The average Bonchev–Trinajstić information content (AvgIpc) is 2.82. The Morgan fingerprint density at radius 1 is 1.45 bits per heavy atom. The summed E-state index contributed by atoms with van der Waals surface area (Å²) < 4.78 is 6.38. The lowest BCUT2D eigenvalue weighted by molar-refractivity contribution is -0.0572. The van der Waals surface area contributed by atoms with Crippen molar-refractivity contribution in [3.8, 4) is 0 Å². The number of anilines is 2. The molecular weight excluding hydrogens is 274 g/mol. The van der Waals surface area contributed by atoms with Gasteiger partial charge < -0.3 is 20.5 Å². The number of ether oxygens (including phenoxy) is 1. The van der Waals surface area contributed by atoms with Gasteiger partial charge in [-0.15, -0.1) is 0 Å². The maximum Gasteiger partial charge on any atom is 0.186 e. The molecule has 0 amide bonds. The first-order valence-corrected chi connectivity index (χ1v) is 7.55. The molecule has 3 rings (SSSR count). The summed E-state index contributed by atoms with van der Waals surface area (Å²) in [7, 11) is 1.97. The van der Waals surface area contributed by atoms with Gasteiger partial charge in [0.1, 0.15) is 0 Å². The van der Waals surface area contributed by atoms with Gasteiger partial charge in [-0.05, 0) is 18.2 Å². The molecule has 1 aliphatic rings. The monoisotopic (exact) mass is 293 g/mol. The van der Waals surface area contributed by atoms with Gasteiger partial charge in [-0.3, -0.25) is 0 Å². The predicted octanol–water partition coefficient (Wildman–Crippen LogP) is 1.86. The fraction of sp³-hybridized carbons (Fsp3) is 0.500. The van der Waals surface area contributed by atoms with Crippen LogP contribution in [0.5, 0.6) is 0 Å². The highest BCUT2D eigenvalue weighted by Gasteiger charge is 2.31. The van der Waals surface area contributed by atoms with Crippen molar-refractivity contribution in [1.29, 1.82) is 0 Å². The van der Waals surface area contributed by atoms with Crippen LogP contribution in [0.2, 0.25) is 0 Å². The molecular formula is C14H19N3O2S. The number of nitrogens with zero attached hydrogens (tertiary/aromatic N) is 2. The Hall–Kier alpha value is -1.37. The maximum atomic E-state index is 10.6. The molecule has 3 N–H and O–H groups in total. The predicted molar refractivity (Wildman–Crippen MR) is 82.3 cm³/mol. The molecule has 6 heteroatoms. The molecule has 1 aliphatic heterocycles. The molecule has 1 aromatic carbocycles. The number of rotatable bonds is 3. The van der Waals surface area contributed by atoms with E-state index in [1.54, 1.807) is 11.3 Å². The molecule has 0 unspecified atom stereocenters. The van der Waals surface area contributed by atoms with Gasteiger partial charge in [-0.25, -0.2) is 4.98 Å². The van der Waals surface area contributed by atoms with E-state index in [9.17, 15) is 5.11 Å². The van der Waals surface area contributed by atoms with Crippen LogP contribution in [0.4, 0.5) is 10.8 Å². The number of fused-ring (bicyclic) bond motifs is 1. The number of thiazole rings is 1. The second-order valence-electron chi connectivity index (χ2n) is 5.42. The Bertz CT molecular complexity index is 607. The lowest BCUT2D eigenvalue weighted by Gasteiger charge is -2.35. The maximum absolute atomic E-state index is 10.6. The molecule has 0 saturated carbocycles. The minimum absolute atomic E-state index is 0.575. The van der Waals surface area contributed by atoms with Gasteiger partial charge in [-0.1, -0.05) is 11.3 Å². The van der Waals surface area contributed by atoms with Crippen LogP contribution in [0.25, 0.3) is 10.2 Å². The Labute approximate surface area is 122 Å². The summed E-state index contributed by atoms with van der Waals surface area (Å²) in [6.45, 7) is 1.83. The minimum Gasteiger partial charge on any atom is -0.399 e. The van der Waals surface area contributed by atoms with Crippen molar-refractivity contribution in [2.45, 2.75) is 18.4 Å². The second kappa shape index (κ2) is 5.20. The molecule has 5 nitrogen and oxygen atoms in total. The van der Waals surface area contributed by atoms with Crippen molar-refractivity contribution in [3.05, 3.63) is 18.2 Å². The molecule has 20 heavy (non-hydrogen) atoms. The zero-order chi connectivity index (χ0) is 14.2. The number of nitrogens with two attached hydrogens (primary N) is 1. The van der Waals surface area contributed by atoms with E-state index in [0.29, 0.717) is 32.6 Å². The first kappa shape index (κ1) is 13.6. The van der Waals surface area contributed by atoms with Crippen LogP contribution in [0.3, 0.4) is 0 Å². The average molecular weight is 293 g/mol. The number of likely N-dealkylation sites (N-methyl/N-ethyl adjacent to an activating group) is 1. The zero-order valence-electron chi connectivity index (χ0n) is 11.5. The van der Waals surface area contributed by atoms with E-state index in [0.717, 1.165) is 21.0 Å². The van der Waals surface area contributed by atoms with Gasteiger partial charge in [-0.2, -0.15) is 0 Å². The van der Waals surface area contributed by atoms with Crippen molar-refractivity contribution in [1.82, 2.24) is 4.98 Å². The van der Waals surface area contributed by atoms with Crippen molar-refractivity contribution in [2.24, 2.45) is 0 Å². The number of nitrogen functional groups attached to an aromatic ring is 1. The summed E-state index contributed by atoms with van der Waals surface area (Å²) in [6, 6.07) is 5.73. The van der Waals surface area contributed by atoms with Gasteiger partial charge in [0.25, 0.3) is 0 Å². The van der Waals surface area contributed by atoms with Gasteiger partial charge in [0.2, 0.25) is 0 Å². The smallest absolute Gasteiger partial charge is 0.186 e. The third kappa shape index (κ3) is 2.72. The Morgan fingerprint density at radius 3 is 2.95 bits per heavy atom. The van der Waals surface area contributed by atoms with E-state index in [1.807, 2.05) is 30.1 Å². The molecule has 2 heterocycles. The van der Waals surface area contributed by atoms with E-state index in [1.165, 1.54) is 0 Å². The number of hydrogen-bond donors (Lipinski definition) is 2. The van der Waals surface area contributed by atoms with Crippen molar-refractivity contribution < 1.29 is 9.84 Å². The largest absolute Gasteiger partial charge is 0.399 e. The molecule has 108 valence electrons. The SMILES string of the molecule is CN(CC1(O)CCOCC1)c1nc2ccc(N)cc2s1. The first-order chi connectivity index (χ1) is 9.56. The van der Waals surface area contributed by atoms with Gasteiger partial charge in [0.05, 0.1) is 15.8 Å². The van der Waals surface area contributed by atoms with Crippen LogP contribution in [0.15, 0.2) is 18.2 Å². The van der Waals surface area contributed by atoms with Crippen LogP contribution < -0.4 is 10.6 Å². The Balaban J connectivity index is 1.79. The molecule has 1 fully saturated rings. The normalized spacial score (nSPS) is 18.3. The van der Waals surface area contributed by atoms with E-state index >= 15 is 0 Å². The summed E-state index contributed by atoms with van der Waals surface area (Å²) in [4.78, 5) is 6.62. The van der Waals surface area contributed by atoms with Crippen molar-refractivity contribution >= 4 is 32.4 Å². The standard InChI is InChI=1S/C14H19N3O2S/c1-17(9-14(18)4-6-19-7-5-14)13-16-11-3-2-10(15)8-12(11)20-13/h2-3,8,18H,4-7,9,15H2,1H3. The molecule has 0 spiro atoms. The Kier molecular flexibility index (Phi) is 3.54. The van der Waals surface area contributed by atoms with Crippen LogP contribution in [-0.4, -0.2) is 42.5 Å². The molecule has 1 aromatic heterocycles. The van der Waals surface area contributed by atoms with Gasteiger partial charge >= 0.3 is 0 Å². The highest BCUT2D eigenvalue weighted by atomic mass is 32.1. The summed E-state index contributed by atoms with van der Waals surface area (Å²) in [5.41, 5.74) is 6.81. The Morgan fingerprint density at radius 2 is 2.20 bits per heavy atom. The second-order valence-corrected chi connectivity index (χ2v) is 6.43. The zero-order valence-corrected chi connectivity index (χ0v) is 12.3. The topological polar surface area (TPSA) is 71.6 Å². The van der Waals surface area contributed by atoms with E-state index in [4.69, 9.17) is 10.5 Å². The third-order valence-corrected chi connectivity index (χ3v) is 4.82. The lowest BCUT2D eigenvalue weighted by atomic mass is 9.94. The summed E-state index contributed by atoms with van der Waals surface area (Å²) in [6.07, 6.45) is 1.35. The molecule has 0 aliphatic carbocycles. The van der Waals surface area contributed by atoms with Gasteiger partial charge in [0, 0.05) is 45.3 Å². The van der Waals surface area contributed by atoms with E-state index in [-0.39, 0.29) is 0 Å². The molecule has 2 aromatic rings. The first-order valence-electron chi connectivity index (χ1n) is 6.73. The van der Waals surface area contributed by atoms with Crippen molar-refractivity contribution in [3.63, 3.8) is 0 Å². The molecule has 0 radical (unpaired) electrons. The van der Waals surface area contributed by atoms with Crippen LogP contribution >= 0.6 is 11.3 Å². The molecule has 0 bridgehead atoms. The van der Waals surface area contributed by atoms with Crippen LogP contribution in [-0.2, 0) is 4.74 Å². The number of benzene rings is 1. The van der Waals surface area contributed by atoms with Crippen LogP contribution in [0, 0.1) is 0 Å². The lowest BCUT2D eigenvalue weighted by Crippen LogP contribution is -2.45. The van der Waals surface area contributed by atoms with E-state index in [2.05, 4.69) is 4.98 Å². The number of aromatic nitrogens is 1. The van der Waals surface area contributed by atoms with Crippen LogP contribution in [0.1, 0.15) is 12.8 Å². The minimum atomic E-state index is -0.677. The summed E-state index contributed by atoms with van der Waals surface area (Å²) >= 11 is 1.60. The fourth-order valence-corrected chi connectivity index (χ4v) is 3.49. The summed E-state index contributed by atoms with van der Waals surface area (Å²) in [5.74, 6) is 0. The highest BCUT2D eigenvalue weighted by molar-refractivity contribution is 7.22. The molecule has 1 saturated heterocycles. The summed E-state index contributed by atoms with van der Waals surface area (Å²) in [5, 5.41) is 11.5. The number of hydrogen-bond acceptors (Lipinski definition) is 6.